The number of hydrogen-bond acceptors (Lipinski definition) is 5. The Kier molecular flexibility index (Phi) is 6.53. The third kappa shape index (κ3) is 4.65. The van der Waals surface area contributed by atoms with Crippen LogP contribution in [0.4, 0.5) is 0 Å². The molecule has 2 aliphatic rings. The molecule has 0 N–H and O–H groups in total. The van der Waals surface area contributed by atoms with Gasteiger partial charge in [-0.3, -0.25) is 19.5 Å². The average molecular weight is 473 g/mol. The van der Waals surface area contributed by atoms with Gasteiger partial charge in [0.15, 0.2) is 0 Å². The molecular formula is C27H32N6O2. The third-order valence-corrected chi connectivity index (χ3v) is 6.93. The van der Waals surface area contributed by atoms with Crippen molar-refractivity contribution in [1.29, 1.82) is 0 Å². The number of aromatic nitrogens is 3. The van der Waals surface area contributed by atoms with Crippen molar-refractivity contribution in [2.24, 2.45) is 4.99 Å². The first-order valence-electron chi connectivity index (χ1n) is 12.3. The molecule has 0 radical (unpaired) electrons. The van der Waals surface area contributed by atoms with E-state index in [4.69, 9.17) is 4.74 Å². The van der Waals surface area contributed by atoms with Crippen molar-refractivity contribution in [1.82, 2.24) is 24.6 Å². The molecular weight excluding hydrogens is 440 g/mol. The molecule has 0 spiro atoms. The van der Waals surface area contributed by atoms with Crippen molar-refractivity contribution in [3.05, 3.63) is 65.2 Å². The number of pyridine rings is 1. The summed E-state index contributed by atoms with van der Waals surface area (Å²) >= 11 is 0. The summed E-state index contributed by atoms with van der Waals surface area (Å²) in [6, 6.07) is 8.04. The molecule has 2 aromatic heterocycles. The van der Waals surface area contributed by atoms with Crippen LogP contribution in [0, 0.1) is 0 Å². The summed E-state index contributed by atoms with van der Waals surface area (Å²) < 4.78 is 7.27. The fourth-order valence-corrected chi connectivity index (χ4v) is 5.11. The van der Waals surface area contributed by atoms with Gasteiger partial charge in [0, 0.05) is 69.2 Å². The van der Waals surface area contributed by atoms with Gasteiger partial charge in [0.2, 0.25) is 0 Å². The van der Waals surface area contributed by atoms with Crippen LogP contribution < -0.4 is 4.74 Å². The van der Waals surface area contributed by atoms with E-state index < -0.39 is 0 Å². The predicted molar refractivity (Wildman–Crippen MR) is 136 cm³/mol. The van der Waals surface area contributed by atoms with Gasteiger partial charge in [0.1, 0.15) is 5.75 Å². The minimum absolute atomic E-state index is 0.0488. The number of likely N-dealkylation sites (tertiary alicyclic amines) is 1. The van der Waals surface area contributed by atoms with Gasteiger partial charge >= 0.3 is 0 Å². The Morgan fingerprint density at radius 3 is 2.71 bits per heavy atom. The number of hydrogen-bond donors (Lipinski definition) is 0. The van der Waals surface area contributed by atoms with Crippen LogP contribution >= 0.6 is 0 Å². The summed E-state index contributed by atoms with van der Waals surface area (Å²) in [7, 11) is 3.50. The number of methoxy groups -OCH3 is 1. The van der Waals surface area contributed by atoms with E-state index in [1.165, 1.54) is 0 Å². The standard InChI is InChI=1S/C27H32N6O2/c1-4-33-17-20(15-30-33)24-12-19(16-31-10-5-6-26(31)28-2)13-25-23(24)8-11-32(27(25)34)18-21-14-22(35-3)7-9-29-21/h7,9,12-15,17H,4-6,8,10-11,16,18H2,1-3H3. The highest BCUT2D eigenvalue weighted by Gasteiger charge is 2.29. The highest BCUT2D eigenvalue weighted by molar-refractivity contribution is 5.99. The Labute approximate surface area is 206 Å². The fraction of sp³-hybridized carbons (Fsp3) is 0.407. The summed E-state index contributed by atoms with van der Waals surface area (Å²) in [6.07, 6.45) is 8.64. The summed E-state index contributed by atoms with van der Waals surface area (Å²) in [4.78, 5) is 26.9. The van der Waals surface area contributed by atoms with Crippen LogP contribution in [0.5, 0.6) is 5.75 Å². The molecule has 35 heavy (non-hydrogen) atoms. The molecule has 3 aromatic rings. The number of amidine groups is 1. The lowest BCUT2D eigenvalue weighted by atomic mass is 9.89. The SMILES string of the molecule is CCn1cc(-c2cc(CN3CCCC3=NC)cc3c2CCN(Cc2cc(OC)ccn2)C3=O)cn1. The number of amides is 1. The molecule has 0 atom stereocenters. The maximum Gasteiger partial charge on any atom is 0.254 e. The first kappa shape index (κ1) is 23.1. The molecule has 2 aliphatic heterocycles. The van der Waals surface area contributed by atoms with E-state index in [9.17, 15) is 4.79 Å². The zero-order valence-electron chi connectivity index (χ0n) is 20.7. The van der Waals surface area contributed by atoms with Gasteiger partial charge in [-0.25, -0.2) is 0 Å². The number of nitrogens with zero attached hydrogens (tertiary/aromatic N) is 6. The highest BCUT2D eigenvalue weighted by atomic mass is 16.5. The first-order valence-corrected chi connectivity index (χ1v) is 12.3. The van der Waals surface area contributed by atoms with Gasteiger partial charge in [-0.2, -0.15) is 5.10 Å². The predicted octanol–water partition coefficient (Wildman–Crippen LogP) is 3.80. The Morgan fingerprint density at radius 2 is 1.94 bits per heavy atom. The number of aliphatic imine (C=N–C) groups is 1. The maximum absolute atomic E-state index is 13.7. The van der Waals surface area contributed by atoms with Crippen molar-refractivity contribution in [2.45, 2.75) is 45.8 Å². The molecule has 8 nitrogen and oxygen atoms in total. The van der Waals surface area contributed by atoms with Gasteiger partial charge in [-0.05, 0) is 54.7 Å². The van der Waals surface area contributed by atoms with E-state index in [0.717, 1.165) is 84.0 Å². The van der Waals surface area contributed by atoms with Gasteiger partial charge in [-0.15, -0.1) is 0 Å². The number of carbonyl (C=O) groups is 1. The lowest BCUT2D eigenvalue weighted by molar-refractivity contribution is 0.0724. The van der Waals surface area contributed by atoms with Crippen LogP contribution in [0.15, 0.2) is 47.8 Å². The quantitative estimate of drug-likeness (QED) is 0.523. The highest BCUT2D eigenvalue weighted by Crippen LogP contribution is 2.33. The van der Waals surface area contributed by atoms with Gasteiger partial charge < -0.3 is 14.5 Å². The van der Waals surface area contributed by atoms with Crippen molar-refractivity contribution in [2.75, 3.05) is 27.2 Å². The molecule has 0 saturated carbocycles. The van der Waals surface area contributed by atoms with Gasteiger partial charge in [-0.1, -0.05) is 0 Å². The maximum atomic E-state index is 13.7. The molecule has 182 valence electrons. The Morgan fingerprint density at radius 1 is 1.09 bits per heavy atom. The first-order chi connectivity index (χ1) is 17.1. The Hall–Kier alpha value is -3.68. The zero-order valence-corrected chi connectivity index (χ0v) is 20.7. The van der Waals surface area contributed by atoms with Crippen LogP contribution in [0.3, 0.4) is 0 Å². The molecule has 1 amide bonds. The number of ether oxygens (including phenoxy) is 1. The topological polar surface area (TPSA) is 75.8 Å². The molecule has 1 fully saturated rings. The average Bonchev–Trinajstić information content (AvgIpc) is 3.55. The normalized spacial score (nSPS) is 16.8. The fourth-order valence-electron chi connectivity index (χ4n) is 5.11. The van der Waals surface area contributed by atoms with Crippen LogP contribution in [0.25, 0.3) is 11.1 Å². The van der Waals surface area contributed by atoms with E-state index in [-0.39, 0.29) is 5.91 Å². The van der Waals surface area contributed by atoms with E-state index in [1.54, 1.807) is 13.3 Å². The molecule has 0 aliphatic carbocycles. The van der Waals surface area contributed by atoms with E-state index >= 15 is 0 Å². The smallest absolute Gasteiger partial charge is 0.254 e. The summed E-state index contributed by atoms with van der Waals surface area (Å²) in [6.45, 7) is 5.75. The monoisotopic (exact) mass is 472 g/mol. The number of carbonyl (C=O) groups excluding carboxylic acids is 1. The molecule has 8 heteroatoms. The molecule has 0 bridgehead atoms. The summed E-state index contributed by atoms with van der Waals surface area (Å²) in [5.41, 5.74) is 6.01. The second kappa shape index (κ2) is 9.90. The van der Waals surface area contributed by atoms with E-state index in [2.05, 4.69) is 45.2 Å². The Bertz CT molecular complexity index is 1260. The van der Waals surface area contributed by atoms with Gasteiger partial charge in [0.05, 0.1) is 31.4 Å². The summed E-state index contributed by atoms with van der Waals surface area (Å²) in [5, 5.41) is 4.50. The third-order valence-electron chi connectivity index (χ3n) is 6.93. The van der Waals surface area contributed by atoms with Crippen LogP contribution in [-0.4, -0.2) is 63.6 Å². The van der Waals surface area contributed by atoms with Crippen LogP contribution in [0.2, 0.25) is 0 Å². The van der Waals surface area contributed by atoms with E-state index in [0.29, 0.717) is 13.1 Å². The molecule has 1 aromatic carbocycles. The lowest BCUT2D eigenvalue weighted by Crippen LogP contribution is -2.37. The van der Waals surface area contributed by atoms with Crippen molar-refractivity contribution in [3.8, 4) is 16.9 Å². The second-order valence-electron chi connectivity index (χ2n) is 9.08. The number of fused-ring (bicyclic) bond motifs is 1. The van der Waals surface area contributed by atoms with E-state index in [1.807, 2.05) is 35.0 Å². The number of rotatable bonds is 7. The minimum Gasteiger partial charge on any atom is -0.497 e. The minimum atomic E-state index is 0.0488. The summed E-state index contributed by atoms with van der Waals surface area (Å²) in [5.74, 6) is 1.93. The van der Waals surface area contributed by atoms with Crippen molar-refractivity contribution in [3.63, 3.8) is 0 Å². The van der Waals surface area contributed by atoms with Crippen molar-refractivity contribution >= 4 is 11.7 Å². The van der Waals surface area contributed by atoms with Crippen LogP contribution in [-0.2, 0) is 26.1 Å². The molecule has 5 rings (SSSR count). The number of aryl methyl sites for hydroxylation is 1. The van der Waals surface area contributed by atoms with Crippen LogP contribution in [0.1, 0.15) is 46.9 Å². The lowest BCUT2D eigenvalue weighted by Gasteiger charge is -2.30. The van der Waals surface area contributed by atoms with Crippen molar-refractivity contribution < 1.29 is 9.53 Å². The Balaban J connectivity index is 1.51. The molecule has 1 saturated heterocycles. The molecule has 4 heterocycles. The largest absolute Gasteiger partial charge is 0.497 e. The zero-order chi connectivity index (χ0) is 24.4. The molecule has 0 unspecified atom stereocenters. The van der Waals surface area contributed by atoms with Gasteiger partial charge in [0.25, 0.3) is 5.91 Å². The second-order valence-corrected chi connectivity index (χ2v) is 9.08. The number of benzene rings is 1.